The molecule has 1 aromatic heterocycles. The second-order valence-corrected chi connectivity index (χ2v) is 15.5. The number of anilines is 1. The Kier molecular flexibility index (Phi) is 7.00. The highest BCUT2D eigenvalue weighted by Crippen LogP contribution is 2.61. The number of thiazole rings is 1. The average Bonchev–Trinajstić information content (AvgIpc) is 3.86. The van der Waals surface area contributed by atoms with Crippen molar-refractivity contribution in [1.29, 1.82) is 5.26 Å². The number of hydrogen-bond acceptors (Lipinski definition) is 7. The topological polar surface area (TPSA) is 91.1 Å². The van der Waals surface area contributed by atoms with Crippen molar-refractivity contribution in [2.75, 3.05) is 29.5 Å². The molecule has 1 aliphatic heterocycles. The summed E-state index contributed by atoms with van der Waals surface area (Å²) in [4.78, 5) is 20.6. The summed E-state index contributed by atoms with van der Waals surface area (Å²) >= 11 is 1.01. The van der Waals surface area contributed by atoms with Gasteiger partial charge in [0.2, 0.25) is 0 Å². The van der Waals surface area contributed by atoms with E-state index in [-0.39, 0.29) is 54.4 Å². The van der Waals surface area contributed by atoms with Crippen LogP contribution < -0.4 is 4.90 Å². The molecule has 6 nitrogen and oxygen atoms in total. The summed E-state index contributed by atoms with van der Waals surface area (Å²) in [6.07, 6.45) is -3.94. The molecule has 0 radical (unpaired) electrons. The molecule has 220 valence electrons. The minimum atomic E-state index is -4.45. The van der Waals surface area contributed by atoms with Crippen LogP contribution in [0, 0.1) is 22.7 Å². The van der Waals surface area contributed by atoms with Crippen LogP contribution in [0.15, 0.2) is 24.3 Å². The van der Waals surface area contributed by atoms with Crippen molar-refractivity contribution < 1.29 is 30.8 Å². The normalized spacial score (nSPS) is 28.1. The number of ketones is 1. The maximum absolute atomic E-state index is 14.6. The molecule has 0 spiro atoms. The first-order chi connectivity index (χ1) is 19.4. The van der Waals surface area contributed by atoms with Crippen LogP contribution >= 0.6 is 11.3 Å². The van der Waals surface area contributed by atoms with E-state index in [1.807, 2.05) is 17.0 Å². The lowest BCUT2D eigenvalue weighted by molar-refractivity contribution is -0.160. The molecular formula is C29H31F4N3O3S2. The zero-order chi connectivity index (χ0) is 29.2. The van der Waals surface area contributed by atoms with Gasteiger partial charge in [0.05, 0.1) is 33.6 Å². The molecule has 2 heterocycles. The fourth-order valence-electron chi connectivity index (χ4n) is 6.28. The monoisotopic (exact) mass is 609 g/mol. The van der Waals surface area contributed by atoms with Gasteiger partial charge in [0.25, 0.3) is 0 Å². The fourth-order valence-corrected chi connectivity index (χ4v) is 8.89. The summed E-state index contributed by atoms with van der Waals surface area (Å²) in [5.74, 6) is -1.34. The van der Waals surface area contributed by atoms with Gasteiger partial charge in [-0.2, -0.15) is 18.4 Å². The zero-order valence-corrected chi connectivity index (χ0v) is 24.1. The molecule has 2 aromatic rings. The second kappa shape index (κ2) is 10.0. The van der Waals surface area contributed by atoms with Crippen molar-refractivity contribution in [3.63, 3.8) is 0 Å². The molecule has 3 saturated carbocycles. The zero-order valence-electron chi connectivity index (χ0n) is 22.4. The third-order valence-corrected chi connectivity index (χ3v) is 12.3. The van der Waals surface area contributed by atoms with E-state index < -0.39 is 44.9 Å². The number of sulfone groups is 1. The lowest BCUT2D eigenvalue weighted by Gasteiger charge is -2.32. The molecule has 0 N–H and O–H groups in total. The van der Waals surface area contributed by atoms with Crippen molar-refractivity contribution in [3.8, 4) is 16.5 Å². The highest BCUT2D eigenvalue weighted by Gasteiger charge is 2.66. The molecular weight excluding hydrogens is 578 g/mol. The van der Waals surface area contributed by atoms with Gasteiger partial charge in [-0.3, -0.25) is 4.79 Å². The van der Waals surface area contributed by atoms with Crippen molar-refractivity contribution >= 4 is 32.6 Å². The molecule has 1 saturated heterocycles. The lowest BCUT2D eigenvalue weighted by Crippen LogP contribution is -2.40. The molecule has 0 amide bonds. The Morgan fingerprint density at radius 3 is 2.32 bits per heavy atom. The molecule has 12 heteroatoms. The third-order valence-electron chi connectivity index (χ3n) is 9.35. The average molecular weight is 610 g/mol. The molecule has 4 aliphatic rings. The second-order valence-electron chi connectivity index (χ2n) is 12.2. The number of halogens is 4. The summed E-state index contributed by atoms with van der Waals surface area (Å²) in [5, 5.41) is 9.51. The molecule has 4 fully saturated rings. The van der Waals surface area contributed by atoms with Gasteiger partial charge >= 0.3 is 6.18 Å². The van der Waals surface area contributed by atoms with E-state index in [9.17, 15) is 36.0 Å². The summed E-state index contributed by atoms with van der Waals surface area (Å²) in [7, 11) is -3.05. The number of benzene rings is 1. The van der Waals surface area contributed by atoms with Crippen LogP contribution in [0.25, 0.3) is 10.4 Å². The minimum Gasteiger partial charge on any atom is -0.369 e. The van der Waals surface area contributed by atoms with Crippen molar-refractivity contribution in [1.82, 2.24) is 4.98 Å². The standard InChI is InChI=1S/C29H31F4N3O3S2/c30-19-3-6-21(22(15-19)23(37)16-27(17-34)7-8-27)24-25(40-26(35-24)28(9-10-28)29(31,32)33)18-1-4-20(5-2-18)36-11-13-41(38,39)14-12-36/h1-2,4-5,19,21-22H,3,6-16H2/t19-,21+,22+/m0/s1. The van der Waals surface area contributed by atoms with E-state index in [2.05, 4.69) is 11.1 Å². The van der Waals surface area contributed by atoms with Crippen LogP contribution in [0.4, 0.5) is 23.2 Å². The van der Waals surface area contributed by atoms with E-state index in [4.69, 9.17) is 0 Å². The van der Waals surface area contributed by atoms with Crippen LogP contribution in [0.1, 0.15) is 68.0 Å². The quantitative estimate of drug-likeness (QED) is 0.351. The van der Waals surface area contributed by atoms with Crippen LogP contribution in [0.2, 0.25) is 0 Å². The molecule has 3 atom stereocenters. The molecule has 0 bridgehead atoms. The Morgan fingerprint density at radius 1 is 1.10 bits per heavy atom. The Morgan fingerprint density at radius 2 is 1.76 bits per heavy atom. The summed E-state index contributed by atoms with van der Waals surface area (Å²) in [6, 6.07) is 9.49. The van der Waals surface area contributed by atoms with E-state index in [1.54, 1.807) is 12.1 Å². The smallest absolute Gasteiger partial charge is 0.369 e. The van der Waals surface area contributed by atoms with E-state index in [0.29, 0.717) is 48.5 Å². The molecule has 1 aromatic carbocycles. The van der Waals surface area contributed by atoms with Crippen molar-refractivity contribution in [3.05, 3.63) is 35.0 Å². The number of nitrogens with zero attached hydrogens (tertiary/aromatic N) is 3. The first kappa shape index (κ1) is 28.6. The molecule has 41 heavy (non-hydrogen) atoms. The van der Waals surface area contributed by atoms with E-state index >= 15 is 0 Å². The number of hydrogen-bond donors (Lipinski definition) is 0. The summed E-state index contributed by atoms with van der Waals surface area (Å²) < 4.78 is 80.8. The van der Waals surface area contributed by atoms with Gasteiger partial charge in [-0.05, 0) is 62.6 Å². The summed E-state index contributed by atoms with van der Waals surface area (Å²) in [5.41, 5.74) is -0.775. The highest BCUT2D eigenvalue weighted by molar-refractivity contribution is 7.91. The van der Waals surface area contributed by atoms with Crippen LogP contribution in [-0.2, 0) is 20.0 Å². The number of aromatic nitrogens is 1. The van der Waals surface area contributed by atoms with Crippen molar-refractivity contribution in [2.45, 2.75) is 75.0 Å². The Balaban J connectivity index is 1.36. The number of carbonyl (C=O) groups excluding carboxylic acids is 1. The Labute approximate surface area is 240 Å². The highest BCUT2D eigenvalue weighted by atomic mass is 32.2. The SMILES string of the molecule is N#CC1(CC(=O)[C@@H]2C[C@@H](F)CC[C@H]2c2nc(C3(C(F)(F)F)CC3)sc2-c2ccc(N3CCS(=O)(=O)CC3)cc2)CC1. The first-order valence-electron chi connectivity index (χ1n) is 14.1. The Hall–Kier alpha value is -2.52. The summed E-state index contributed by atoms with van der Waals surface area (Å²) in [6.45, 7) is 0.735. The minimum absolute atomic E-state index is 0.00965. The molecule has 6 rings (SSSR count). The van der Waals surface area contributed by atoms with Gasteiger partial charge in [-0.1, -0.05) is 12.1 Å². The number of Topliss-reactive ketones (excluding diaryl/α,β-unsaturated/α-hetero) is 1. The lowest BCUT2D eigenvalue weighted by atomic mass is 9.72. The maximum Gasteiger partial charge on any atom is 0.400 e. The fraction of sp³-hybridized carbons (Fsp3) is 0.621. The number of nitriles is 1. The van der Waals surface area contributed by atoms with Crippen LogP contribution in [-0.4, -0.2) is 56.1 Å². The van der Waals surface area contributed by atoms with E-state index in [0.717, 1.165) is 17.0 Å². The molecule has 0 unspecified atom stereocenters. The number of carbonyl (C=O) groups is 1. The van der Waals surface area contributed by atoms with Crippen LogP contribution in [0.3, 0.4) is 0 Å². The van der Waals surface area contributed by atoms with Gasteiger partial charge in [-0.25, -0.2) is 17.8 Å². The Bertz CT molecular complexity index is 1470. The van der Waals surface area contributed by atoms with Gasteiger partial charge in [0.15, 0.2) is 9.84 Å². The van der Waals surface area contributed by atoms with E-state index in [1.165, 1.54) is 0 Å². The van der Waals surface area contributed by atoms with Crippen molar-refractivity contribution in [2.24, 2.45) is 11.3 Å². The largest absolute Gasteiger partial charge is 0.400 e. The molecule has 3 aliphatic carbocycles. The number of rotatable bonds is 7. The van der Waals surface area contributed by atoms with Gasteiger partial charge in [0.1, 0.15) is 22.4 Å². The van der Waals surface area contributed by atoms with Gasteiger partial charge in [-0.15, -0.1) is 11.3 Å². The number of alkyl halides is 4. The predicted molar refractivity (Wildman–Crippen MR) is 147 cm³/mol. The van der Waals surface area contributed by atoms with Crippen LogP contribution in [0.5, 0.6) is 0 Å². The first-order valence-corrected chi connectivity index (χ1v) is 16.7. The maximum atomic E-state index is 14.6. The van der Waals surface area contributed by atoms with Gasteiger partial charge < -0.3 is 4.90 Å². The van der Waals surface area contributed by atoms with Gasteiger partial charge in [0, 0.05) is 37.0 Å². The third kappa shape index (κ3) is 5.40. The predicted octanol–water partition coefficient (Wildman–Crippen LogP) is 6.12.